The molecule has 1 aliphatic carbocycles. The highest BCUT2D eigenvalue weighted by Crippen LogP contribution is 2.35. The number of aromatic nitrogens is 2. The first kappa shape index (κ1) is 22.0. The van der Waals surface area contributed by atoms with Crippen molar-refractivity contribution >= 4 is 5.91 Å². The Hall–Kier alpha value is -3.22. The van der Waals surface area contributed by atoms with Crippen LogP contribution in [0.15, 0.2) is 48.5 Å². The molecule has 32 heavy (non-hydrogen) atoms. The van der Waals surface area contributed by atoms with E-state index in [2.05, 4.69) is 18.9 Å². The van der Waals surface area contributed by atoms with Gasteiger partial charge >= 0.3 is 0 Å². The van der Waals surface area contributed by atoms with Gasteiger partial charge in [-0.2, -0.15) is 5.10 Å². The molecule has 168 valence electrons. The maximum atomic E-state index is 14.4. The average molecular weight is 440 g/mol. The highest BCUT2D eigenvalue weighted by molar-refractivity contribution is 5.81. The fourth-order valence-electron chi connectivity index (χ4n) is 3.68. The zero-order chi connectivity index (χ0) is 22.8. The van der Waals surface area contributed by atoms with Crippen LogP contribution in [-0.2, 0) is 11.3 Å². The largest absolute Gasteiger partial charge is 0.435 e. The van der Waals surface area contributed by atoms with E-state index >= 15 is 0 Å². The van der Waals surface area contributed by atoms with Crippen LogP contribution in [0.25, 0.3) is 5.69 Å². The minimum absolute atomic E-state index is 0.0807. The van der Waals surface area contributed by atoms with E-state index in [-0.39, 0.29) is 17.6 Å². The summed E-state index contributed by atoms with van der Waals surface area (Å²) in [7, 11) is 0. The molecule has 2 aromatic carbocycles. The van der Waals surface area contributed by atoms with E-state index in [1.54, 1.807) is 4.68 Å². The third-order valence-corrected chi connectivity index (χ3v) is 5.41. The number of halogens is 2. The van der Waals surface area contributed by atoms with Gasteiger partial charge in [0.2, 0.25) is 11.8 Å². The molecule has 5 nitrogen and oxygen atoms in total. The minimum atomic E-state index is -0.803. The fraction of sp³-hybridized carbons (Fsp3) is 0.360. The van der Waals surface area contributed by atoms with E-state index in [1.807, 2.05) is 42.2 Å². The minimum Gasteiger partial charge on any atom is -0.435 e. The molecule has 1 heterocycles. The summed E-state index contributed by atoms with van der Waals surface area (Å²) in [5.41, 5.74) is 2.12. The number of carbonyl (C=O) groups is 1. The van der Waals surface area contributed by atoms with Crippen LogP contribution in [0, 0.1) is 30.4 Å². The SMILES string of the molecule is Cc1nn(-c2ccccc2)c(Oc2ccc(F)cc2F)c1CN(CC(C)C)C(=O)C1CC1. The standard InChI is InChI=1S/C25H27F2N3O2/c1-16(2)14-29(24(31)18-9-10-18)15-21-17(3)28-30(20-7-5-4-6-8-20)25(21)32-23-12-11-19(26)13-22(23)27/h4-8,11-13,16,18H,9-10,14-15H2,1-3H3. The van der Waals surface area contributed by atoms with Gasteiger partial charge in [0.25, 0.3) is 0 Å². The van der Waals surface area contributed by atoms with Crippen molar-refractivity contribution in [3.05, 3.63) is 71.4 Å². The van der Waals surface area contributed by atoms with E-state index < -0.39 is 11.6 Å². The van der Waals surface area contributed by atoms with E-state index in [4.69, 9.17) is 4.74 Å². The molecule has 0 unspecified atom stereocenters. The average Bonchev–Trinajstić information content (AvgIpc) is 3.56. The van der Waals surface area contributed by atoms with Gasteiger partial charge in [-0.1, -0.05) is 32.0 Å². The number of hydrogen-bond acceptors (Lipinski definition) is 3. The summed E-state index contributed by atoms with van der Waals surface area (Å²) in [6.45, 7) is 6.90. The molecule has 1 amide bonds. The van der Waals surface area contributed by atoms with Gasteiger partial charge < -0.3 is 9.64 Å². The van der Waals surface area contributed by atoms with E-state index in [9.17, 15) is 13.6 Å². The molecule has 3 aromatic rings. The molecule has 1 saturated carbocycles. The molecular weight excluding hydrogens is 412 g/mol. The Morgan fingerprint density at radius 2 is 1.91 bits per heavy atom. The normalized spacial score (nSPS) is 13.4. The number of nitrogens with zero attached hydrogens (tertiary/aromatic N) is 3. The second-order valence-electron chi connectivity index (χ2n) is 8.68. The van der Waals surface area contributed by atoms with Gasteiger partial charge in [0.1, 0.15) is 5.82 Å². The zero-order valence-electron chi connectivity index (χ0n) is 18.5. The zero-order valence-corrected chi connectivity index (χ0v) is 18.5. The highest BCUT2D eigenvalue weighted by Gasteiger charge is 2.35. The molecule has 1 fully saturated rings. The van der Waals surface area contributed by atoms with Crippen LogP contribution in [0.2, 0.25) is 0 Å². The number of carbonyl (C=O) groups excluding carboxylic acids is 1. The summed E-state index contributed by atoms with van der Waals surface area (Å²) in [6.07, 6.45) is 1.83. The van der Waals surface area contributed by atoms with Gasteiger partial charge in [-0.05, 0) is 49.9 Å². The van der Waals surface area contributed by atoms with Gasteiger partial charge in [-0.3, -0.25) is 4.79 Å². The molecule has 0 N–H and O–H groups in total. The summed E-state index contributed by atoms with van der Waals surface area (Å²) >= 11 is 0. The molecule has 4 rings (SSSR count). The van der Waals surface area contributed by atoms with Crippen molar-refractivity contribution in [2.45, 2.75) is 40.2 Å². The number of amides is 1. The van der Waals surface area contributed by atoms with Gasteiger partial charge in [0.15, 0.2) is 11.6 Å². The summed E-state index contributed by atoms with van der Waals surface area (Å²) in [5.74, 6) is -0.767. The third-order valence-electron chi connectivity index (χ3n) is 5.41. The summed E-state index contributed by atoms with van der Waals surface area (Å²) < 4.78 is 35.4. The lowest BCUT2D eigenvalue weighted by molar-refractivity contribution is -0.133. The van der Waals surface area contributed by atoms with Crippen LogP contribution in [-0.4, -0.2) is 27.1 Å². The summed E-state index contributed by atoms with van der Waals surface area (Å²) in [4.78, 5) is 14.8. The molecule has 0 bridgehead atoms. The number of rotatable bonds is 8. The molecule has 0 saturated heterocycles. The lowest BCUT2D eigenvalue weighted by Gasteiger charge is -2.25. The molecule has 0 atom stereocenters. The van der Waals surface area contributed by atoms with Crippen LogP contribution in [0.4, 0.5) is 8.78 Å². The number of hydrogen-bond donors (Lipinski definition) is 0. The first-order chi connectivity index (χ1) is 15.3. The second kappa shape index (κ2) is 9.10. The van der Waals surface area contributed by atoms with E-state index in [0.29, 0.717) is 36.1 Å². The molecular formula is C25H27F2N3O2. The Kier molecular flexibility index (Phi) is 6.26. The van der Waals surface area contributed by atoms with Crippen molar-refractivity contribution < 1.29 is 18.3 Å². The summed E-state index contributed by atoms with van der Waals surface area (Å²) in [6, 6.07) is 12.6. The van der Waals surface area contributed by atoms with Crippen LogP contribution >= 0.6 is 0 Å². The lowest BCUT2D eigenvalue weighted by Crippen LogP contribution is -2.35. The Morgan fingerprint density at radius 1 is 1.19 bits per heavy atom. The topological polar surface area (TPSA) is 47.4 Å². The molecule has 7 heteroatoms. The number of para-hydroxylation sites is 1. The van der Waals surface area contributed by atoms with Gasteiger partial charge in [-0.15, -0.1) is 0 Å². The maximum absolute atomic E-state index is 14.4. The number of ether oxygens (including phenoxy) is 1. The van der Waals surface area contributed by atoms with Crippen molar-refractivity contribution in [2.75, 3.05) is 6.54 Å². The van der Waals surface area contributed by atoms with Crippen LogP contribution in [0.5, 0.6) is 11.6 Å². The Morgan fingerprint density at radius 3 is 2.53 bits per heavy atom. The van der Waals surface area contributed by atoms with Crippen molar-refractivity contribution in [1.29, 1.82) is 0 Å². The highest BCUT2D eigenvalue weighted by atomic mass is 19.1. The predicted molar refractivity (Wildman–Crippen MR) is 118 cm³/mol. The second-order valence-corrected chi connectivity index (χ2v) is 8.68. The lowest BCUT2D eigenvalue weighted by atomic mass is 10.1. The van der Waals surface area contributed by atoms with Crippen LogP contribution in [0.1, 0.15) is 37.9 Å². The van der Waals surface area contributed by atoms with Gasteiger partial charge in [-0.25, -0.2) is 13.5 Å². The van der Waals surface area contributed by atoms with Crippen molar-refractivity contribution in [3.63, 3.8) is 0 Å². The molecule has 0 spiro atoms. The monoisotopic (exact) mass is 439 g/mol. The van der Waals surface area contributed by atoms with E-state index in [1.165, 1.54) is 6.07 Å². The van der Waals surface area contributed by atoms with Crippen molar-refractivity contribution in [3.8, 4) is 17.3 Å². The smallest absolute Gasteiger partial charge is 0.228 e. The quantitative estimate of drug-likeness (QED) is 0.456. The number of benzene rings is 2. The van der Waals surface area contributed by atoms with E-state index in [0.717, 1.165) is 30.7 Å². The van der Waals surface area contributed by atoms with Crippen LogP contribution < -0.4 is 4.74 Å². The third kappa shape index (κ3) is 4.82. The Balaban J connectivity index is 1.76. The molecule has 1 aliphatic rings. The van der Waals surface area contributed by atoms with Crippen molar-refractivity contribution in [1.82, 2.24) is 14.7 Å². The first-order valence-electron chi connectivity index (χ1n) is 10.9. The Bertz CT molecular complexity index is 1110. The van der Waals surface area contributed by atoms with Gasteiger partial charge in [0, 0.05) is 18.5 Å². The number of aryl methyl sites for hydroxylation is 1. The molecule has 1 aromatic heterocycles. The molecule has 0 aliphatic heterocycles. The first-order valence-corrected chi connectivity index (χ1v) is 10.9. The Labute approximate surface area is 186 Å². The fourth-order valence-corrected chi connectivity index (χ4v) is 3.68. The van der Waals surface area contributed by atoms with Crippen LogP contribution in [0.3, 0.4) is 0 Å². The predicted octanol–water partition coefficient (Wildman–Crippen LogP) is 5.65. The van der Waals surface area contributed by atoms with Gasteiger partial charge in [0.05, 0.1) is 23.5 Å². The molecule has 0 radical (unpaired) electrons. The van der Waals surface area contributed by atoms with Crippen molar-refractivity contribution in [2.24, 2.45) is 11.8 Å². The summed E-state index contributed by atoms with van der Waals surface area (Å²) in [5, 5.41) is 4.63. The maximum Gasteiger partial charge on any atom is 0.228 e.